The maximum absolute atomic E-state index is 12.7. The van der Waals surface area contributed by atoms with Crippen molar-refractivity contribution in [3.8, 4) is 17.3 Å². The lowest BCUT2D eigenvalue weighted by Gasteiger charge is -2.02. The summed E-state index contributed by atoms with van der Waals surface area (Å²) in [7, 11) is 0. The van der Waals surface area contributed by atoms with Gasteiger partial charge < -0.3 is 0 Å². The number of rotatable bonds is 1. The molecule has 18 heavy (non-hydrogen) atoms. The van der Waals surface area contributed by atoms with Crippen LogP contribution in [0.15, 0.2) is 24.3 Å². The number of benzene rings is 1. The third kappa shape index (κ3) is 2.05. The summed E-state index contributed by atoms with van der Waals surface area (Å²) in [5.74, 6) is -0.521. The monoisotopic (exact) mass is 255 g/mol. The number of nitrogens with one attached hydrogen (secondary N) is 1. The number of alkyl halides is 3. The van der Waals surface area contributed by atoms with Crippen LogP contribution in [0.25, 0.3) is 11.3 Å². The van der Waals surface area contributed by atoms with Crippen LogP contribution in [0.3, 0.4) is 0 Å². The molecule has 0 amide bonds. The minimum Gasteiger partial charge on any atom is -0.276 e. The minimum atomic E-state index is -4.71. The van der Waals surface area contributed by atoms with Gasteiger partial charge in [-0.05, 0) is 24.3 Å². The van der Waals surface area contributed by atoms with E-state index in [1.165, 1.54) is 18.2 Å². The first-order chi connectivity index (χ1) is 8.43. The van der Waals surface area contributed by atoms with Crippen LogP contribution in [-0.4, -0.2) is 10.2 Å². The molecule has 0 saturated carbocycles. The van der Waals surface area contributed by atoms with Gasteiger partial charge in [0, 0.05) is 5.56 Å². The lowest BCUT2D eigenvalue weighted by Crippen LogP contribution is -2.07. The fraction of sp³-hybridized carbons (Fsp3) is 0.0909. The summed E-state index contributed by atoms with van der Waals surface area (Å²) in [4.78, 5) is 0. The number of aromatic amines is 1. The van der Waals surface area contributed by atoms with Crippen molar-refractivity contribution >= 4 is 0 Å². The van der Waals surface area contributed by atoms with Crippen LogP contribution < -0.4 is 0 Å². The Kier molecular flexibility index (Phi) is 2.79. The Labute approximate surface area is 98.7 Å². The molecule has 92 valence electrons. The summed E-state index contributed by atoms with van der Waals surface area (Å²) in [5.41, 5.74) is -1.70. The van der Waals surface area contributed by atoms with Crippen LogP contribution in [0.1, 0.15) is 11.3 Å². The predicted molar refractivity (Wildman–Crippen MR) is 53.7 cm³/mol. The molecule has 1 N–H and O–H groups in total. The Hall–Kier alpha value is -2.36. The van der Waals surface area contributed by atoms with E-state index in [1.807, 2.05) is 0 Å². The fourth-order valence-electron chi connectivity index (χ4n) is 1.48. The lowest BCUT2D eigenvalue weighted by molar-refractivity contribution is -0.141. The van der Waals surface area contributed by atoms with E-state index in [0.29, 0.717) is 0 Å². The topological polar surface area (TPSA) is 52.5 Å². The van der Waals surface area contributed by atoms with Gasteiger partial charge in [0.05, 0.1) is 5.69 Å². The molecule has 0 aliphatic heterocycles. The van der Waals surface area contributed by atoms with E-state index in [-0.39, 0.29) is 11.3 Å². The molecule has 0 bridgehead atoms. The molecular formula is C11H5F4N3. The Morgan fingerprint density at radius 3 is 2.28 bits per heavy atom. The molecule has 1 aromatic carbocycles. The van der Waals surface area contributed by atoms with E-state index < -0.39 is 23.3 Å². The van der Waals surface area contributed by atoms with Crippen molar-refractivity contribution in [2.24, 2.45) is 0 Å². The molecule has 2 rings (SSSR count). The molecular weight excluding hydrogens is 250 g/mol. The smallest absolute Gasteiger partial charge is 0.276 e. The number of nitriles is 1. The molecule has 2 aromatic rings. The minimum absolute atomic E-state index is 0.0789. The Balaban J connectivity index is 2.57. The maximum atomic E-state index is 12.7. The van der Waals surface area contributed by atoms with Gasteiger partial charge in [0.2, 0.25) is 0 Å². The van der Waals surface area contributed by atoms with Gasteiger partial charge in [0.15, 0.2) is 5.69 Å². The normalized spacial score (nSPS) is 11.3. The summed E-state index contributed by atoms with van der Waals surface area (Å²) >= 11 is 0. The average molecular weight is 255 g/mol. The van der Waals surface area contributed by atoms with Gasteiger partial charge in [0.25, 0.3) is 0 Å². The van der Waals surface area contributed by atoms with Gasteiger partial charge in [-0.1, -0.05) is 0 Å². The van der Waals surface area contributed by atoms with Gasteiger partial charge >= 0.3 is 6.18 Å². The Morgan fingerprint density at radius 2 is 1.78 bits per heavy atom. The quantitative estimate of drug-likeness (QED) is 0.796. The SMILES string of the molecule is N#Cc1c(C(F)(F)F)n[nH]c1-c1ccc(F)cc1. The molecule has 3 nitrogen and oxygen atoms in total. The number of hydrogen-bond acceptors (Lipinski definition) is 2. The molecule has 0 saturated heterocycles. The van der Waals surface area contributed by atoms with E-state index >= 15 is 0 Å². The number of H-pyrrole nitrogens is 1. The summed E-state index contributed by atoms with van der Waals surface area (Å²) in [6.45, 7) is 0. The number of hydrogen-bond donors (Lipinski definition) is 1. The second-order valence-corrected chi connectivity index (χ2v) is 3.44. The summed E-state index contributed by atoms with van der Waals surface area (Å²) in [6.07, 6.45) is -4.71. The zero-order valence-electron chi connectivity index (χ0n) is 8.72. The van der Waals surface area contributed by atoms with Crippen molar-refractivity contribution in [3.05, 3.63) is 41.3 Å². The van der Waals surface area contributed by atoms with E-state index in [0.717, 1.165) is 12.1 Å². The van der Waals surface area contributed by atoms with Crippen molar-refractivity contribution in [3.63, 3.8) is 0 Å². The second kappa shape index (κ2) is 4.14. The highest BCUT2D eigenvalue weighted by Gasteiger charge is 2.38. The van der Waals surface area contributed by atoms with Crippen LogP contribution in [0.4, 0.5) is 17.6 Å². The van der Waals surface area contributed by atoms with E-state index in [9.17, 15) is 17.6 Å². The third-order valence-electron chi connectivity index (χ3n) is 2.28. The Morgan fingerprint density at radius 1 is 1.17 bits per heavy atom. The molecule has 0 radical (unpaired) electrons. The first-order valence-electron chi connectivity index (χ1n) is 4.75. The third-order valence-corrected chi connectivity index (χ3v) is 2.28. The molecule has 0 aliphatic rings. The van der Waals surface area contributed by atoms with Crippen LogP contribution >= 0.6 is 0 Å². The lowest BCUT2D eigenvalue weighted by atomic mass is 10.1. The van der Waals surface area contributed by atoms with Crippen molar-refractivity contribution < 1.29 is 17.6 Å². The second-order valence-electron chi connectivity index (χ2n) is 3.44. The van der Waals surface area contributed by atoms with Gasteiger partial charge in [-0.2, -0.15) is 23.5 Å². The molecule has 7 heteroatoms. The van der Waals surface area contributed by atoms with Gasteiger partial charge in [-0.25, -0.2) is 4.39 Å². The molecule has 0 unspecified atom stereocenters. The van der Waals surface area contributed by atoms with Crippen LogP contribution in [0.5, 0.6) is 0 Å². The van der Waals surface area contributed by atoms with Crippen molar-refractivity contribution in [2.45, 2.75) is 6.18 Å². The maximum Gasteiger partial charge on any atom is 0.436 e. The highest BCUT2D eigenvalue weighted by atomic mass is 19.4. The van der Waals surface area contributed by atoms with Crippen molar-refractivity contribution in [1.29, 1.82) is 5.26 Å². The molecule has 1 heterocycles. The molecule has 1 aromatic heterocycles. The zero-order chi connectivity index (χ0) is 13.3. The van der Waals surface area contributed by atoms with E-state index in [1.54, 1.807) is 0 Å². The van der Waals surface area contributed by atoms with Crippen LogP contribution in [-0.2, 0) is 6.18 Å². The summed E-state index contributed by atoms with van der Waals surface area (Å²) in [5, 5.41) is 14.0. The van der Waals surface area contributed by atoms with E-state index in [4.69, 9.17) is 5.26 Å². The number of halogens is 4. The first-order valence-corrected chi connectivity index (χ1v) is 4.75. The van der Waals surface area contributed by atoms with Crippen molar-refractivity contribution in [1.82, 2.24) is 10.2 Å². The fourth-order valence-corrected chi connectivity index (χ4v) is 1.48. The molecule has 0 aliphatic carbocycles. The predicted octanol–water partition coefficient (Wildman–Crippen LogP) is 3.11. The average Bonchev–Trinajstić information content (AvgIpc) is 2.73. The number of aromatic nitrogens is 2. The Bertz CT molecular complexity index is 605. The highest BCUT2D eigenvalue weighted by molar-refractivity contribution is 5.67. The van der Waals surface area contributed by atoms with E-state index in [2.05, 4.69) is 10.2 Å². The summed E-state index contributed by atoms with van der Waals surface area (Å²) in [6, 6.07) is 6.17. The highest BCUT2D eigenvalue weighted by Crippen LogP contribution is 2.34. The van der Waals surface area contributed by atoms with Gasteiger partial charge in [0.1, 0.15) is 17.4 Å². The zero-order valence-corrected chi connectivity index (χ0v) is 8.72. The summed E-state index contributed by atoms with van der Waals surface area (Å²) < 4.78 is 50.3. The van der Waals surface area contributed by atoms with Crippen LogP contribution in [0, 0.1) is 17.1 Å². The molecule has 0 atom stereocenters. The van der Waals surface area contributed by atoms with Gasteiger partial charge in [-0.3, -0.25) is 5.10 Å². The van der Waals surface area contributed by atoms with Crippen LogP contribution in [0.2, 0.25) is 0 Å². The molecule has 0 fully saturated rings. The number of nitrogens with zero attached hydrogens (tertiary/aromatic N) is 2. The van der Waals surface area contributed by atoms with Gasteiger partial charge in [-0.15, -0.1) is 0 Å². The molecule has 0 spiro atoms. The standard InChI is InChI=1S/C11H5F4N3/c12-7-3-1-6(2-4-7)9-8(5-16)10(18-17-9)11(13,14)15/h1-4H,(H,17,18). The van der Waals surface area contributed by atoms with Crippen molar-refractivity contribution in [2.75, 3.05) is 0 Å². The largest absolute Gasteiger partial charge is 0.436 e. The first kappa shape index (κ1) is 12.1.